The maximum atomic E-state index is 11.9. The number of nitrogens with zero attached hydrogens (tertiary/aromatic N) is 1. The molecule has 0 aliphatic carbocycles. The van der Waals surface area contributed by atoms with Crippen LogP contribution < -0.4 is 5.32 Å². The van der Waals surface area contributed by atoms with Gasteiger partial charge in [-0.2, -0.15) is 0 Å². The third-order valence-electron chi connectivity index (χ3n) is 3.87. The second kappa shape index (κ2) is 8.80. The molecule has 0 spiro atoms. The highest BCUT2D eigenvalue weighted by atomic mass is 79.9. The fourth-order valence-corrected chi connectivity index (χ4v) is 2.69. The van der Waals surface area contributed by atoms with Crippen LogP contribution in [0.25, 0.3) is 0 Å². The summed E-state index contributed by atoms with van der Waals surface area (Å²) < 4.78 is 11.1. The van der Waals surface area contributed by atoms with Gasteiger partial charge < -0.3 is 14.6 Å². The molecule has 0 aliphatic rings. The molecule has 1 aromatic heterocycles. The van der Waals surface area contributed by atoms with E-state index in [0.717, 1.165) is 21.3 Å². The lowest BCUT2D eigenvalue weighted by molar-refractivity contribution is -0.148. The first-order chi connectivity index (χ1) is 11.9. The number of hydrogen-bond acceptors (Lipinski definition) is 5. The number of carbonyl (C=O) groups is 2. The van der Waals surface area contributed by atoms with Crippen LogP contribution in [-0.4, -0.2) is 23.6 Å². The van der Waals surface area contributed by atoms with E-state index < -0.39 is 5.97 Å². The minimum atomic E-state index is -0.425. The first-order valence-corrected chi connectivity index (χ1v) is 8.78. The molecule has 2 rings (SSSR count). The number of carbonyl (C=O) groups excluding carboxylic acids is 2. The number of nitrogens with one attached hydrogen (secondary N) is 1. The molecule has 1 atom stereocenters. The van der Waals surface area contributed by atoms with Crippen LogP contribution >= 0.6 is 15.9 Å². The summed E-state index contributed by atoms with van der Waals surface area (Å²) in [5.74, 6) is -0.0566. The largest absolute Gasteiger partial charge is 0.456 e. The van der Waals surface area contributed by atoms with E-state index in [0.29, 0.717) is 12.2 Å². The standard InChI is InChI=1S/C18H21BrN2O4/c1-11(14-4-6-15(19)7-5-14)20-17(22)10-24-18(23)9-8-16-12(2)21-25-13(16)3/h4-7,11H,8-10H2,1-3H3,(H,20,22)/t11-/m0/s1. The molecular weight excluding hydrogens is 388 g/mol. The molecule has 0 aliphatic heterocycles. The number of rotatable bonds is 7. The van der Waals surface area contributed by atoms with E-state index in [-0.39, 0.29) is 25.0 Å². The summed E-state index contributed by atoms with van der Waals surface area (Å²) in [6.07, 6.45) is 0.662. The predicted molar refractivity (Wildman–Crippen MR) is 96.0 cm³/mol. The van der Waals surface area contributed by atoms with Gasteiger partial charge in [-0.25, -0.2) is 0 Å². The first kappa shape index (κ1) is 19.2. The molecule has 1 N–H and O–H groups in total. The van der Waals surface area contributed by atoms with Crippen molar-refractivity contribution in [3.05, 3.63) is 51.3 Å². The SMILES string of the molecule is Cc1noc(C)c1CCC(=O)OCC(=O)N[C@@H](C)c1ccc(Br)cc1. The maximum Gasteiger partial charge on any atom is 0.306 e. The number of benzene rings is 1. The molecule has 0 unspecified atom stereocenters. The highest BCUT2D eigenvalue weighted by Gasteiger charge is 2.14. The topological polar surface area (TPSA) is 81.4 Å². The Kier molecular flexibility index (Phi) is 6.75. The molecule has 1 aromatic carbocycles. The fourth-order valence-electron chi connectivity index (χ4n) is 2.42. The number of amides is 1. The Labute approximate surface area is 155 Å². The molecule has 1 amide bonds. The fraction of sp³-hybridized carbons (Fsp3) is 0.389. The van der Waals surface area contributed by atoms with Crippen LogP contribution in [0.15, 0.2) is 33.3 Å². The van der Waals surface area contributed by atoms with E-state index in [9.17, 15) is 9.59 Å². The number of aromatic nitrogens is 1. The van der Waals surface area contributed by atoms with Gasteiger partial charge in [0.2, 0.25) is 0 Å². The van der Waals surface area contributed by atoms with Gasteiger partial charge in [-0.05, 0) is 44.9 Å². The molecule has 7 heteroatoms. The summed E-state index contributed by atoms with van der Waals surface area (Å²) in [4.78, 5) is 23.7. The van der Waals surface area contributed by atoms with E-state index in [4.69, 9.17) is 9.26 Å². The normalized spacial score (nSPS) is 11.8. The van der Waals surface area contributed by atoms with Gasteiger partial charge in [0.1, 0.15) is 5.76 Å². The monoisotopic (exact) mass is 408 g/mol. The third-order valence-corrected chi connectivity index (χ3v) is 4.40. The van der Waals surface area contributed by atoms with E-state index in [1.807, 2.05) is 38.1 Å². The van der Waals surface area contributed by atoms with Crippen molar-refractivity contribution in [3.63, 3.8) is 0 Å². The number of esters is 1. The minimum absolute atomic E-state index is 0.165. The van der Waals surface area contributed by atoms with Gasteiger partial charge in [0.05, 0.1) is 11.7 Å². The lowest BCUT2D eigenvalue weighted by atomic mass is 10.1. The molecule has 2 aromatic rings. The average molecular weight is 409 g/mol. The van der Waals surface area contributed by atoms with E-state index in [1.165, 1.54) is 0 Å². The van der Waals surface area contributed by atoms with Crippen molar-refractivity contribution in [3.8, 4) is 0 Å². The van der Waals surface area contributed by atoms with Crippen molar-refractivity contribution in [2.24, 2.45) is 0 Å². The Morgan fingerprint density at radius 3 is 2.56 bits per heavy atom. The van der Waals surface area contributed by atoms with Gasteiger partial charge >= 0.3 is 5.97 Å². The van der Waals surface area contributed by atoms with E-state index >= 15 is 0 Å². The Balaban J connectivity index is 1.73. The van der Waals surface area contributed by atoms with Crippen LogP contribution in [-0.2, 0) is 20.7 Å². The number of halogens is 1. The summed E-state index contributed by atoms with van der Waals surface area (Å²) >= 11 is 3.37. The second-order valence-corrected chi connectivity index (χ2v) is 6.72. The van der Waals surface area contributed by atoms with Gasteiger partial charge in [0.25, 0.3) is 5.91 Å². The van der Waals surface area contributed by atoms with Crippen molar-refractivity contribution < 1.29 is 18.8 Å². The van der Waals surface area contributed by atoms with Crippen molar-refractivity contribution in [2.75, 3.05) is 6.61 Å². The molecule has 0 radical (unpaired) electrons. The van der Waals surface area contributed by atoms with Crippen LogP contribution in [0.5, 0.6) is 0 Å². The average Bonchev–Trinajstić information content (AvgIpc) is 2.90. The number of aryl methyl sites for hydroxylation is 2. The zero-order chi connectivity index (χ0) is 18.4. The van der Waals surface area contributed by atoms with Crippen molar-refractivity contribution in [2.45, 2.75) is 39.7 Å². The highest BCUT2D eigenvalue weighted by molar-refractivity contribution is 9.10. The summed E-state index contributed by atoms with van der Waals surface area (Å²) in [5.41, 5.74) is 2.65. The number of hydrogen-bond donors (Lipinski definition) is 1. The highest BCUT2D eigenvalue weighted by Crippen LogP contribution is 2.16. The Morgan fingerprint density at radius 2 is 1.96 bits per heavy atom. The number of ether oxygens (including phenoxy) is 1. The predicted octanol–water partition coefficient (Wildman–Crippen LogP) is 3.41. The third kappa shape index (κ3) is 5.70. The van der Waals surface area contributed by atoms with Gasteiger partial charge in [0.15, 0.2) is 6.61 Å². The molecule has 0 saturated heterocycles. The Hall–Kier alpha value is -2.15. The molecule has 0 saturated carbocycles. The van der Waals surface area contributed by atoms with Crippen LogP contribution in [0.1, 0.15) is 42.0 Å². The molecular formula is C18H21BrN2O4. The van der Waals surface area contributed by atoms with Gasteiger partial charge in [0, 0.05) is 16.5 Å². The zero-order valence-electron chi connectivity index (χ0n) is 14.5. The van der Waals surface area contributed by atoms with Gasteiger partial charge in [-0.3, -0.25) is 9.59 Å². The van der Waals surface area contributed by atoms with Crippen molar-refractivity contribution in [1.29, 1.82) is 0 Å². The van der Waals surface area contributed by atoms with Crippen LogP contribution in [0.2, 0.25) is 0 Å². The van der Waals surface area contributed by atoms with Crippen molar-refractivity contribution in [1.82, 2.24) is 10.5 Å². The quantitative estimate of drug-likeness (QED) is 0.709. The molecule has 1 heterocycles. The Morgan fingerprint density at radius 1 is 1.28 bits per heavy atom. The minimum Gasteiger partial charge on any atom is -0.456 e. The van der Waals surface area contributed by atoms with Crippen molar-refractivity contribution >= 4 is 27.8 Å². The molecule has 25 heavy (non-hydrogen) atoms. The van der Waals surface area contributed by atoms with E-state index in [2.05, 4.69) is 26.4 Å². The first-order valence-electron chi connectivity index (χ1n) is 7.99. The maximum absolute atomic E-state index is 11.9. The summed E-state index contributed by atoms with van der Waals surface area (Å²) in [7, 11) is 0. The Bertz CT molecular complexity index is 721. The van der Waals surface area contributed by atoms with Crippen LogP contribution in [0.4, 0.5) is 0 Å². The lowest BCUT2D eigenvalue weighted by Crippen LogP contribution is -2.31. The molecule has 0 fully saturated rings. The summed E-state index contributed by atoms with van der Waals surface area (Å²) in [6, 6.07) is 7.50. The second-order valence-electron chi connectivity index (χ2n) is 5.80. The van der Waals surface area contributed by atoms with Gasteiger partial charge in [-0.1, -0.05) is 33.2 Å². The summed E-state index contributed by atoms with van der Waals surface area (Å²) in [5, 5.41) is 6.64. The smallest absolute Gasteiger partial charge is 0.306 e. The van der Waals surface area contributed by atoms with Gasteiger partial charge in [-0.15, -0.1) is 0 Å². The summed E-state index contributed by atoms with van der Waals surface area (Å²) in [6.45, 7) is 5.22. The van der Waals surface area contributed by atoms with Crippen LogP contribution in [0.3, 0.4) is 0 Å². The lowest BCUT2D eigenvalue weighted by Gasteiger charge is -2.14. The molecule has 0 bridgehead atoms. The van der Waals surface area contributed by atoms with E-state index in [1.54, 1.807) is 6.92 Å². The molecule has 134 valence electrons. The van der Waals surface area contributed by atoms with Crippen LogP contribution in [0, 0.1) is 13.8 Å². The molecule has 6 nitrogen and oxygen atoms in total. The zero-order valence-corrected chi connectivity index (χ0v) is 16.1.